The summed E-state index contributed by atoms with van der Waals surface area (Å²) >= 11 is 11.0. The molecule has 0 unspecified atom stereocenters. The number of halogens is 4. The minimum Gasteiger partial charge on any atom is -0.464 e. The summed E-state index contributed by atoms with van der Waals surface area (Å²) in [7, 11) is 1.09. The summed E-state index contributed by atoms with van der Waals surface area (Å²) in [5.74, 6) is -0.890. The van der Waals surface area contributed by atoms with Crippen molar-refractivity contribution in [1.82, 2.24) is 4.98 Å². The van der Waals surface area contributed by atoms with E-state index in [9.17, 15) is 13.6 Å². The number of aromatic nitrogens is 1. The first kappa shape index (κ1) is 12.1. The van der Waals surface area contributed by atoms with Gasteiger partial charge in [0.05, 0.1) is 22.7 Å². The summed E-state index contributed by atoms with van der Waals surface area (Å²) in [6, 6.07) is 0. The third kappa shape index (κ3) is 2.35. The molecule has 7 heteroatoms. The molecule has 0 fully saturated rings. The Balaban J connectivity index is 3.35. The minimum absolute atomic E-state index is 0.289. The van der Waals surface area contributed by atoms with Gasteiger partial charge in [0.2, 0.25) is 0 Å². The van der Waals surface area contributed by atoms with Crippen LogP contribution in [0.3, 0.4) is 0 Å². The molecule has 0 saturated carbocycles. The summed E-state index contributed by atoms with van der Waals surface area (Å²) in [6.07, 6.45) is -1.95. The van der Waals surface area contributed by atoms with Crippen LogP contribution in [0.15, 0.2) is 6.20 Å². The van der Waals surface area contributed by atoms with E-state index in [4.69, 9.17) is 23.2 Å². The molecule has 3 nitrogen and oxygen atoms in total. The topological polar surface area (TPSA) is 39.2 Å². The predicted octanol–water partition coefficient (Wildman–Crippen LogP) is 3.11. The lowest BCUT2D eigenvalue weighted by Gasteiger charge is -2.08. The zero-order chi connectivity index (χ0) is 11.6. The maximum absolute atomic E-state index is 12.5. The second-order valence-corrected chi connectivity index (χ2v) is 3.26. The van der Waals surface area contributed by atoms with Crippen LogP contribution in [0.5, 0.6) is 0 Å². The van der Waals surface area contributed by atoms with Gasteiger partial charge in [-0.05, 0) is 0 Å². The molecule has 0 radical (unpaired) electrons. The molecule has 0 amide bonds. The Kier molecular flexibility index (Phi) is 3.82. The lowest BCUT2D eigenvalue weighted by molar-refractivity contribution is 0.0593. The van der Waals surface area contributed by atoms with Crippen molar-refractivity contribution in [2.45, 2.75) is 6.43 Å². The molecular weight excluding hydrogens is 251 g/mol. The van der Waals surface area contributed by atoms with E-state index in [2.05, 4.69) is 9.72 Å². The highest BCUT2D eigenvalue weighted by Gasteiger charge is 2.23. The fraction of sp³-hybridized carbons (Fsp3) is 0.250. The fourth-order valence-electron chi connectivity index (χ4n) is 0.919. The Morgan fingerprint density at radius 1 is 1.53 bits per heavy atom. The van der Waals surface area contributed by atoms with Gasteiger partial charge in [0.25, 0.3) is 6.43 Å². The van der Waals surface area contributed by atoms with Crippen LogP contribution in [0.2, 0.25) is 10.0 Å². The summed E-state index contributed by atoms with van der Waals surface area (Å²) in [5.41, 5.74) is -0.993. The predicted molar refractivity (Wildman–Crippen MR) is 50.6 cm³/mol. The van der Waals surface area contributed by atoms with E-state index in [0.717, 1.165) is 13.3 Å². The maximum Gasteiger partial charge on any atom is 0.358 e. The summed E-state index contributed by atoms with van der Waals surface area (Å²) in [6.45, 7) is 0. The number of pyridine rings is 1. The molecule has 0 N–H and O–H groups in total. The highest BCUT2D eigenvalue weighted by molar-refractivity contribution is 6.37. The van der Waals surface area contributed by atoms with E-state index in [0.29, 0.717) is 0 Å². The Morgan fingerprint density at radius 3 is 2.60 bits per heavy atom. The van der Waals surface area contributed by atoms with Crippen LogP contribution in [0, 0.1) is 0 Å². The first-order valence-corrected chi connectivity index (χ1v) is 4.45. The molecule has 0 atom stereocenters. The van der Waals surface area contributed by atoms with Crippen molar-refractivity contribution in [3.05, 3.63) is 27.5 Å². The summed E-state index contributed by atoms with van der Waals surface area (Å²) < 4.78 is 29.3. The summed E-state index contributed by atoms with van der Waals surface area (Å²) in [4.78, 5) is 14.6. The largest absolute Gasteiger partial charge is 0.464 e. The monoisotopic (exact) mass is 255 g/mol. The SMILES string of the molecule is COC(=O)c1ncc(Cl)c(C(F)F)c1Cl. The van der Waals surface area contributed by atoms with Gasteiger partial charge in [-0.25, -0.2) is 18.6 Å². The second kappa shape index (κ2) is 4.72. The molecule has 15 heavy (non-hydrogen) atoms. The molecule has 0 spiro atoms. The van der Waals surface area contributed by atoms with E-state index in [1.807, 2.05) is 0 Å². The molecule has 82 valence electrons. The smallest absolute Gasteiger partial charge is 0.358 e. The molecule has 1 aromatic heterocycles. The number of carbonyl (C=O) groups excluding carboxylic acids is 1. The van der Waals surface area contributed by atoms with Crippen molar-refractivity contribution in [3.8, 4) is 0 Å². The van der Waals surface area contributed by atoms with Crippen molar-refractivity contribution >= 4 is 29.2 Å². The van der Waals surface area contributed by atoms with Crippen LogP contribution in [-0.4, -0.2) is 18.1 Å². The van der Waals surface area contributed by atoms with E-state index < -0.39 is 23.0 Å². The van der Waals surface area contributed by atoms with E-state index in [1.54, 1.807) is 0 Å². The van der Waals surface area contributed by atoms with Crippen LogP contribution in [0.25, 0.3) is 0 Å². The molecule has 0 aliphatic heterocycles. The average molecular weight is 256 g/mol. The minimum atomic E-state index is -2.88. The maximum atomic E-state index is 12.5. The molecule has 0 aromatic carbocycles. The van der Waals surface area contributed by atoms with Gasteiger partial charge in [0.15, 0.2) is 5.69 Å². The van der Waals surface area contributed by atoms with Gasteiger partial charge in [-0.3, -0.25) is 0 Å². The number of ether oxygens (including phenoxy) is 1. The molecular formula is C8H5Cl2F2NO2. The van der Waals surface area contributed by atoms with Crippen molar-refractivity contribution < 1.29 is 18.3 Å². The van der Waals surface area contributed by atoms with Gasteiger partial charge >= 0.3 is 5.97 Å². The Labute approximate surface area is 94.0 Å². The fourth-order valence-corrected chi connectivity index (χ4v) is 1.50. The number of rotatable bonds is 2. The molecule has 1 aromatic rings. The number of nitrogens with zero attached hydrogens (tertiary/aromatic N) is 1. The van der Waals surface area contributed by atoms with Crippen molar-refractivity contribution in [2.75, 3.05) is 7.11 Å². The normalized spacial score (nSPS) is 10.5. The van der Waals surface area contributed by atoms with Crippen molar-refractivity contribution in [3.63, 3.8) is 0 Å². The second-order valence-electron chi connectivity index (χ2n) is 2.47. The van der Waals surface area contributed by atoms with Crippen LogP contribution in [-0.2, 0) is 4.74 Å². The lowest BCUT2D eigenvalue weighted by Crippen LogP contribution is -2.07. The van der Waals surface area contributed by atoms with Crippen LogP contribution >= 0.6 is 23.2 Å². The van der Waals surface area contributed by atoms with E-state index >= 15 is 0 Å². The van der Waals surface area contributed by atoms with E-state index in [-0.39, 0.29) is 10.7 Å². The highest BCUT2D eigenvalue weighted by Crippen LogP contribution is 2.34. The number of hydrogen-bond acceptors (Lipinski definition) is 3. The van der Waals surface area contributed by atoms with Gasteiger partial charge in [-0.15, -0.1) is 0 Å². The van der Waals surface area contributed by atoms with Gasteiger partial charge < -0.3 is 4.74 Å². The van der Waals surface area contributed by atoms with Crippen LogP contribution in [0.4, 0.5) is 8.78 Å². The molecule has 1 rings (SSSR count). The molecule has 0 aliphatic rings. The van der Waals surface area contributed by atoms with Gasteiger partial charge in [0, 0.05) is 6.20 Å². The van der Waals surface area contributed by atoms with Gasteiger partial charge in [-0.2, -0.15) is 0 Å². The van der Waals surface area contributed by atoms with Gasteiger partial charge in [0.1, 0.15) is 0 Å². The standard InChI is InChI=1S/C8H5Cl2F2NO2/c1-15-8(14)6-5(10)4(7(11)12)3(9)2-13-6/h2,7H,1H3. The Bertz CT molecular complexity index is 398. The van der Waals surface area contributed by atoms with Gasteiger partial charge in [-0.1, -0.05) is 23.2 Å². The van der Waals surface area contributed by atoms with Crippen LogP contribution < -0.4 is 0 Å². The number of alkyl halides is 2. The number of methoxy groups -OCH3 is 1. The zero-order valence-electron chi connectivity index (χ0n) is 7.43. The quantitative estimate of drug-likeness (QED) is 0.763. The van der Waals surface area contributed by atoms with Crippen LogP contribution in [0.1, 0.15) is 22.5 Å². The number of carbonyl (C=O) groups is 1. The molecule has 0 saturated heterocycles. The molecule has 0 aliphatic carbocycles. The average Bonchev–Trinajstić information content (AvgIpc) is 2.16. The third-order valence-corrected chi connectivity index (χ3v) is 2.29. The first-order valence-electron chi connectivity index (χ1n) is 3.69. The Hall–Kier alpha value is -0.940. The first-order chi connectivity index (χ1) is 6.99. The summed E-state index contributed by atoms with van der Waals surface area (Å²) in [5, 5.41) is -0.771. The highest BCUT2D eigenvalue weighted by atomic mass is 35.5. The lowest BCUT2D eigenvalue weighted by atomic mass is 10.2. The third-order valence-electron chi connectivity index (χ3n) is 1.61. The Morgan fingerprint density at radius 2 is 2.13 bits per heavy atom. The number of hydrogen-bond donors (Lipinski definition) is 0. The van der Waals surface area contributed by atoms with Crippen molar-refractivity contribution in [2.24, 2.45) is 0 Å². The van der Waals surface area contributed by atoms with E-state index in [1.165, 1.54) is 0 Å². The number of esters is 1. The molecule has 0 bridgehead atoms. The molecule has 1 heterocycles. The zero-order valence-corrected chi connectivity index (χ0v) is 8.94. The van der Waals surface area contributed by atoms with Crippen molar-refractivity contribution in [1.29, 1.82) is 0 Å².